The van der Waals surface area contributed by atoms with Gasteiger partial charge in [-0.15, -0.1) is 0 Å². The summed E-state index contributed by atoms with van der Waals surface area (Å²) >= 11 is 0. The van der Waals surface area contributed by atoms with Crippen molar-refractivity contribution in [1.82, 2.24) is 0 Å². The van der Waals surface area contributed by atoms with Crippen LogP contribution in [-0.2, 0) is 4.79 Å². The summed E-state index contributed by atoms with van der Waals surface area (Å²) in [5, 5.41) is 61.2. The van der Waals surface area contributed by atoms with Crippen molar-refractivity contribution in [2.24, 2.45) is 0 Å². The monoisotopic (exact) mass is 212 g/mol. The van der Waals surface area contributed by atoms with E-state index in [1.807, 2.05) is 0 Å². The van der Waals surface area contributed by atoms with Crippen LogP contribution >= 0.6 is 0 Å². The van der Waals surface area contributed by atoms with E-state index in [0.717, 1.165) is 0 Å². The Morgan fingerprint density at radius 1 is 1.14 bits per heavy atom. The lowest BCUT2D eigenvalue weighted by molar-refractivity contribution is -0.370. The lowest BCUT2D eigenvalue weighted by atomic mass is 9.97. The summed E-state index contributed by atoms with van der Waals surface area (Å²) in [5.41, 5.74) is 0. The summed E-state index contributed by atoms with van der Waals surface area (Å²) in [6.07, 6.45) is -5.20. The number of carbonyl (C=O) groups is 1. The molecule has 0 amide bonds. The van der Waals surface area contributed by atoms with Crippen LogP contribution in [0.15, 0.2) is 0 Å². The highest BCUT2D eigenvalue weighted by molar-refractivity contribution is 5.61. The van der Waals surface area contributed by atoms with Gasteiger partial charge in [-0.25, -0.2) is 0 Å². The normalized spacial score (nSPS) is 17.6. The van der Waals surface area contributed by atoms with Crippen molar-refractivity contribution in [3.05, 3.63) is 0 Å². The van der Waals surface area contributed by atoms with Crippen LogP contribution in [0.5, 0.6) is 0 Å². The van der Waals surface area contributed by atoms with Crippen LogP contribution in [0, 0.1) is 0 Å². The summed E-state index contributed by atoms with van der Waals surface area (Å²) in [6.45, 7) is -1.06. The molecule has 0 heterocycles. The first kappa shape index (κ1) is 13.4. The molecule has 14 heavy (non-hydrogen) atoms. The summed E-state index contributed by atoms with van der Waals surface area (Å²) in [6, 6.07) is 0. The molecule has 2 unspecified atom stereocenters. The maximum atomic E-state index is 10.0. The van der Waals surface area contributed by atoms with Gasteiger partial charge in [-0.2, -0.15) is 0 Å². The second kappa shape index (κ2) is 4.28. The van der Waals surface area contributed by atoms with Crippen molar-refractivity contribution >= 4 is 6.29 Å². The number of aliphatic hydroxyl groups excluding tert-OH is 3. The predicted octanol–water partition coefficient (Wildman–Crippen LogP) is -4.74. The van der Waals surface area contributed by atoms with Crippen molar-refractivity contribution in [2.75, 3.05) is 6.61 Å². The number of aldehydes is 1. The molecule has 2 atom stereocenters. The molecule has 0 fully saturated rings. The molecule has 0 aromatic heterocycles. The molecule has 0 rings (SSSR count). The van der Waals surface area contributed by atoms with Gasteiger partial charge in [0.25, 0.3) is 11.6 Å². The zero-order valence-corrected chi connectivity index (χ0v) is 6.98. The minimum atomic E-state index is -3.68. The van der Waals surface area contributed by atoms with E-state index in [2.05, 4.69) is 0 Å². The third-order valence-electron chi connectivity index (χ3n) is 1.67. The third kappa shape index (κ3) is 2.25. The Bertz CT molecular complexity index is 200. The molecular weight excluding hydrogens is 200 g/mol. The summed E-state index contributed by atoms with van der Waals surface area (Å²) in [7, 11) is 0. The molecule has 0 aliphatic rings. The first-order valence-corrected chi connectivity index (χ1v) is 3.53. The molecule has 0 aliphatic heterocycles. The standard InChI is InChI=1S/C6H12O8/c7-1-3(9)4(10)6(13,14)5(11,12)2-8/h2-4,7,9-14H,1H2. The molecule has 0 aliphatic carbocycles. The number of aliphatic hydroxyl groups is 7. The zero-order chi connectivity index (χ0) is 11.6. The van der Waals surface area contributed by atoms with Crippen LogP contribution in [0.25, 0.3) is 0 Å². The average molecular weight is 212 g/mol. The van der Waals surface area contributed by atoms with Crippen molar-refractivity contribution in [3.63, 3.8) is 0 Å². The van der Waals surface area contributed by atoms with Crippen molar-refractivity contribution in [1.29, 1.82) is 0 Å². The summed E-state index contributed by atoms with van der Waals surface area (Å²) in [5.74, 6) is -7.33. The number of hydrogen-bond donors (Lipinski definition) is 7. The van der Waals surface area contributed by atoms with E-state index in [0.29, 0.717) is 0 Å². The van der Waals surface area contributed by atoms with Crippen LogP contribution < -0.4 is 0 Å². The number of rotatable bonds is 5. The number of carbonyl (C=O) groups excluding carboxylic acids is 1. The number of hydrogen-bond acceptors (Lipinski definition) is 8. The molecule has 0 saturated carbocycles. The Hall–Kier alpha value is -0.610. The Kier molecular flexibility index (Phi) is 4.09. The largest absolute Gasteiger partial charge is 0.394 e. The maximum Gasteiger partial charge on any atom is 0.279 e. The Labute approximate surface area is 78.3 Å². The van der Waals surface area contributed by atoms with Gasteiger partial charge in [0.15, 0.2) is 6.29 Å². The first-order valence-electron chi connectivity index (χ1n) is 3.53. The fourth-order valence-corrected chi connectivity index (χ4v) is 0.672. The van der Waals surface area contributed by atoms with Gasteiger partial charge >= 0.3 is 0 Å². The van der Waals surface area contributed by atoms with E-state index in [1.54, 1.807) is 0 Å². The van der Waals surface area contributed by atoms with E-state index >= 15 is 0 Å². The molecule has 8 heteroatoms. The predicted molar refractivity (Wildman–Crippen MR) is 39.5 cm³/mol. The molecule has 0 saturated heterocycles. The highest BCUT2D eigenvalue weighted by Gasteiger charge is 2.55. The average Bonchev–Trinajstić information content (AvgIpc) is 2.14. The van der Waals surface area contributed by atoms with Gasteiger partial charge in [0, 0.05) is 0 Å². The van der Waals surface area contributed by atoms with Gasteiger partial charge in [0.05, 0.1) is 6.61 Å². The highest BCUT2D eigenvalue weighted by Crippen LogP contribution is 2.21. The van der Waals surface area contributed by atoms with E-state index < -0.39 is 36.7 Å². The minimum absolute atomic E-state index is 0.639. The van der Waals surface area contributed by atoms with Gasteiger partial charge < -0.3 is 35.7 Å². The van der Waals surface area contributed by atoms with E-state index in [4.69, 9.17) is 35.7 Å². The quantitative estimate of drug-likeness (QED) is 0.177. The molecule has 8 nitrogen and oxygen atoms in total. The second-order valence-corrected chi connectivity index (χ2v) is 2.76. The minimum Gasteiger partial charge on any atom is -0.394 e. The lowest BCUT2D eigenvalue weighted by Crippen LogP contribution is -2.65. The fraction of sp³-hybridized carbons (Fsp3) is 0.833. The second-order valence-electron chi connectivity index (χ2n) is 2.76. The van der Waals surface area contributed by atoms with Crippen LogP contribution in [0.2, 0.25) is 0 Å². The Balaban J connectivity index is 4.85. The molecule has 0 aromatic rings. The van der Waals surface area contributed by atoms with Gasteiger partial charge in [0.1, 0.15) is 12.2 Å². The molecule has 0 aromatic carbocycles. The zero-order valence-electron chi connectivity index (χ0n) is 6.98. The summed E-state index contributed by atoms with van der Waals surface area (Å²) < 4.78 is 0. The van der Waals surface area contributed by atoms with Crippen molar-refractivity contribution < 1.29 is 40.5 Å². The highest BCUT2D eigenvalue weighted by atomic mass is 16.6. The third-order valence-corrected chi connectivity index (χ3v) is 1.67. The molecular formula is C6H12O8. The smallest absolute Gasteiger partial charge is 0.279 e. The maximum absolute atomic E-state index is 10.0. The van der Waals surface area contributed by atoms with E-state index in [9.17, 15) is 4.79 Å². The molecule has 0 bridgehead atoms. The first-order chi connectivity index (χ1) is 6.20. The van der Waals surface area contributed by atoms with Crippen LogP contribution in [0.1, 0.15) is 0 Å². The van der Waals surface area contributed by atoms with E-state index in [-0.39, 0.29) is 0 Å². The van der Waals surface area contributed by atoms with Gasteiger partial charge in [0.2, 0.25) is 0 Å². The molecule has 0 spiro atoms. The van der Waals surface area contributed by atoms with Crippen LogP contribution in [-0.4, -0.2) is 72.4 Å². The van der Waals surface area contributed by atoms with Gasteiger partial charge in [-0.1, -0.05) is 0 Å². The van der Waals surface area contributed by atoms with Crippen molar-refractivity contribution in [2.45, 2.75) is 23.8 Å². The molecule has 0 radical (unpaired) electrons. The summed E-state index contributed by atoms with van der Waals surface area (Å²) in [4.78, 5) is 10.0. The van der Waals surface area contributed by atoms with Gasteiger partial charge in [-0.3, -0.25) is 4.79 Å². The van der Waals surface area contributed by atoms with Crippen molar-refractivity contribution in [3.8, 4) is 0 Å². The SMILES string of the molecule is O=CC(O)(O)C(O)(O)C(O)C(O)CO. The topological polar surface area (TPSA) is 159 Å². The van der Waals surface area contributed by atoms with Gasteiger partial charge in [-0.05, 0) is 0 Å². The lowest BCUT2D eigenvalue weighted by Gasteiger charge is -2.35. The fourth-order valence-electron chi connectivity index (χ4n) is 0.672. The van der Waals surface area contributed by atoms with Crippen LogP contribution in [0.3, 0.4) is 0 Å². The Morgan fingerprint density at radius 3 is 1.86 bits per heavy atom. The van der Waals surface area contributed by atoms with Crippen LogP contribution in [0.4, 0.5) is 0 Å². The molecule has 7 N–H and O–H groups in total. The molecule has 84 valence electrons. The Morgan fingerprint density at radius 2 is 1.57 bits per heavy atom. The van der Waals surface area contributed by atoms with E-state index in [1.165, 1.54) is 0 Å².